The number of nitrogens with one attached hydrogen (secondary N) is 1. The quantitative estimate of drug-likeness (QED) is 0.788. The van der Waals surface area contributed by atoms with Crippen LogP contribution in [0, 0.1) is 12.8 Å². The van der Waals surface area contributed by atoms with Crippen molar-refractivity contribution >= 4 is 27.2 Å². The van der Waals surface area contributed by atoms with E-state index in [-0.39, 0.29) is 4.99 Å². The molecule has 1 aliphatic rings. The summed E-state index contributed by atoms with van der Waals surface area (Å²) >= 11 is 4.90. The van der Waals surface area contributed by atoms with Gasteiger partial charge in [-0.15, -0.1) is 0 Å². The first-order valence-electron chi connectivity index (χ1n) is 7.30. The normalized spacial score (nSPS) is 16.2. The molecule has 0 radical (unpaired) electrons. The first-order chi connectivity index (χ1) is 9.90. The summed E-state index contributed by atoms with van der Waals surface area (Å²) in [6, 6.07) is 4.94. The minimum atomic E-state index is -3.46. The molecule has 4 nitrogen and oxygen atoms in total. The number of hydrogen-bond acceptors (Lipinski definition) is 3. The SMILES string of the molecule is Cc1cc(C(N)=S)ccc1S(=O)(=O)NCCC1CCCC1. The topological polar surface area (TPSA) is 72.2 Å². The summed E-state index contributed by atoms with van der Waals surface area (Å²) in [5.74, 6) is 0.672. The second-order valence-corrected chi connectivity index (χ2v) is 7.86. The fourth-order valence-electron chi connectivity index (χ4n) is 2.88. The lowest BCUT2D eigenvalue weighted by molar-refractivity contribution is 0.495. The van der Waals surface area contributed by atoms with Crippen LogP contribution in [0.3, 0.4) is 0 Å². The highest BCUT2D eigenvalue weighted by atomic mass is 32.2. The highest BCUT2D eigenvalue weighted by molar-refractivity contribution is 7.89. The number of benzene rings is 1. The van der Waals surface area contributed by atoms with Crippen molar-refractivity contribution in [2.24, 2.45) is 11.7 Å². The van der Waals surface area contributed by atoms with Crippen molar-refractivity contribution in [2.45, 2.75) is 43.9 Å². The summed E-state index contributed by atoms with van der Waals surface area (Å²) in [7, 11) is -3.46. The summed E-state index contributed by atoms with van der Waals surface area (Å²) in [4.78, 5) is 0.574. The zero-order chi connectivity index (χ0) is 15.5. The summed E-state index contributed by atoms with van der Waals surface area (Å²) in [5, 5.41) is 0. The van der Waals surface area contributed by atoms with Crippen LogP contribution < -0.4 is 10.5 Å². The van der Waals surface area contributed by atoms with Crippen molar-refractivity contribution < 1.29 is 8.42 Å². The molecule has 116 valence electrons. The third kappa shape index (κ3) is 4.25. The van der Waals surface area contributed by atoms with E-state index in [0.717, 1.165) is 6.42 Å². The van der Waals surface area contributed by atoms with Gasteiger partial charge in [0.25, 0.3) is 0 Å². The van der Waals surface area contributed by atoms with Crippen molar-refractivity contribution in [3.8, 4) is 0 Å². The van der Waals surface area contributed by atoms with E-state index in [1.807, 2.05) is 0 Å². The zero-order valence-corrected chi connectivity index (χ0v) is 13.9. The smallest absolute Gasteiger partial charge is 0.240 e. The average Bonchev–Trinajstić information content (AvgIpc) is 2.91. The average molecular weight is 326 g/mol. The maximum absolute atomic E-state index is 12.3. The minimum Gasteiger partial charge on any atom is -0.389 e. The summed E-state index contributed by atoms with van der Waals surface area (Å²) in [5.41, 5.74) is 6.91. The lowest BCUT2D eigenvalue weighted by Crippen LogP contribution is -2.26. The Bertz CT molecular complexity index is 621. The van der Waals surface area contributed by atoms with Crippen molar-refractivity contribution in [3.63, 3.8) is 0 Å². The maximum Gasteiger partial charge on any atom is 0.240 e. The Morgan fingerprint density at radius 1 is 1.38 bits per heavy atom. The van der Waals surface area contributed by atoms with Gasteiger partial charge >= 0.3 is 0 Å². The van der Waals surface area contributed by atoms with Gasteiger partial charge in [-0.2, -0.15) is 0 Å². The van der Waals surface area contributed by atoms with Crippen LogP contribution in [0.1, 0.15) is 43.2 Å². The van der Waals surface area contributed by atoms with E-state index in [1.54, 1.807) is 25.1 Å². The molecule has 21 heavy (non-hydrogen) atoms. The van der Waals surface area contributed by atoms with Gasteiger partial charge in [0, 0.05) is 12.1 Å². The number of hydrogen-bond donors (Lipinski definition) is 2. The third-order valence-electron chi connectivity index (χ3n) is 4.07. The van der Waals surface area contributed by atoms with E-state index in [9.17, 15) is 8.42 Å². The molecule has 0 saturated heterocycles. The second-order valence-electron chi connectivity index (χ2n) is 5.68. The lowest BCUT2D eigenvalue weighted by Gasteiger charge is -2.12. The van der Waals surface area contributed by atoms with E-state index in [1.165, 1.54) is 25.7 Å². The standard InChI is InChI=1S/C15H22N2O2S2/c1-11-10-13(15(16)20)6-7-14(11)21(18,19)17-9-8-12-4-2-3-5-12/h6-7,10,12,17H,2-5,8-9H2,1H3,(H2,16,20). The molecule has 0 amide bonds. The highest BCUT2D eigenvalue weighted by Gasteiger charge is 2.19. The minimum absolute atomic E-state index is 0.274. The van der Waals surface area contributed by atoms with Crippen LogP contribution >= 0.6 is 12.2 Å². The molecule has 3 N–H and O–H groups in total. The number of aryl methyl sites for hydroxylation is 1. The van der Waals surface area contributed by atoms with Gasteiger partial charge in [0.15, 0.2) is 0 Å². The monoisotopic (exact) mass is 326 g/mol. The van der Waals surface area contributed by atoms with Gasteiger partial charge in [-0.3, -0.25) is 0 Å². The van der Waals surface area contributed by atoms with Gasteiger partial charge in [-0.25, -0.2) is 13.1 Å². The van der Waals surface area contributed by atoms with Gasteiger partial charge in [-0.05, 0) is 37.0 Å². The van der Waals surface area contributed by atoms with Gasteiger partial charge in [0.2, 0.25) is 10.0 Å². The molecule has 0 heterocycles. The maximum atomic E-state index is 12.3. The molecule has 1 aromatic carbocycles. The Kier molecular flexibility index (Phi) is 5.35. The molecule has 0 aromatic heterocycles. The zero-order valence-electron chi connectivity index (χ0n) is 12.3. The molecule has 1 fully saturated rings. The molecule has 0 aliphatic heterocycles. The Hall–Kier alpha value is -0.980. The van der Waals surface area contributed by atoms with Gasteiger partial charge in [-0.1, -0.05) is 44.0 Å². The van der Waals surface area contributed by atoms with E-state index in [0.29, 0.717) is 28.5 Å². The van der Waals surface area contributed by atoms with Gasteiger partial charge in [0.1, 0.15) is 4.99 Å². The predicted molar refractivity (Wildman–Crippen MR) is 88.8 cm³/mol. The van der Waals surface area contributed by atoms with E-state index < -0.39 is 10.0 Å². The van der Waals surface area contributed by atoms with E-state index in [4.69, 9.17) is 18.0 Å². The second kappa shape index (κ2) is 6.85. The number of sulfonamides is 1. The van der Waals surface area contributed by atoms with Crippen LogP contribution in [-0.2, 0) is 10.0 Å². The molecule has 6 heteroatoms. The highest BCUT2D eigenvalue weighted by Crippen LogP contribution is 2.27. The molecule has 0 unspecified atom stereocenters. The molecular formula is C15H22N2O2S2. The van der Waals surface area contributed by atoms with Gasteiger partial charge < -0.3 is 5.73 Å². The Morgan fingerprint density at radius 3 is 2.62 bits per heavy atom. The molecule has 0 bridgehead atoms. The predicted octanol–water partition coefficient (Wildman–Crippen LogP) is 2.49. The number of thiocarbonyl (C=S) groups is 1. The summed E-state index contributed by atoms with van der Waals surface area (Å²) in [6.07, 6.45) is 5.92. The van der Waals surface area contributed by atoms with Crippen molar-refractivity contribution in [2.75, 3.05) is 6.54 Å². The fourth-order valence-corrected chi connectivity index (χ4v) is 4.28. The van der Waals surface area contributed by atoms with Crippen LogP contribution in [-0.4, -0.2) is 20.0 Å². The molecule has 0 atom stereocenters. The Morgan fingerprint density at radius 2 is 2.05 bits per heavy atom. The molecular weight excluding hydrogens is 304 g/mol. The third-order valence-corrected chi connectivity index (χ3v) is 5.93. The first-order valence-corrected chi connectivity index (χ1v) is 9.19. The Balaban J connectivity index is 2.03. The van der Waals surface area contributed by atoms with Crippen LogP contribution in [0.15, 0.2) is 23.1 Å². The van der Waals surface area contributed by atoms with Crippen LogP contribution in [0.4, 0.5) is 0 Å². The van der Waals surface area contributed by atoms with Gasteiger partial charge in [0.05, 0.1) is 4.90 Å². The molecule has 1 aromatic rings. The van der Waals surface area contributed by atoms with E-state index in [2.05, 4.69) is 4.72 Å². The van der Waals surface area contributed by atoms with Crippen molar-refractivity contribution in [1.82, 2.24) is 4.72 Å². The van der Waals surface area contributed by atoms with E-state index >= 15 is 0 Å². The number of nitrogens with two attached hydrogens (primary N) is 1. The molecule has 1 aliphatic carbocycles. The lowest BCUT2D eigenvalue weighted by atomic mass is 10.1. The van der Waals surface area contributed by atoms with Crippen molar-refractivity contribution in [3.05, 3.63) is 29.3 Å². The van der Waals surface area contributed by atoms with Crippen LogP contribution in [0.2, 0.25) is 0 Å². The Labute approximate surface area is 132 Å². The molecule has 2 rings (SSSR count). The number of rotatable bonds is 6. The summed E-state index contributed by atoms with van der Waals surface area (Å²) in [6.45, 7) is 2.26. The fraction of sp³-hybridized carbons (Fsp3) is 0.533. The first kappa shape index (κ1) is 16.4. The van der Waals surface area contributed by atoms with Crippen LogP contribution in [0.5, 0.6) is 0 Å². The molecule has 0 spiro atoms. The molecule has 1 saturated carbocycles. The largest absolute Gasteiger partial charge is 0.389 e. The van der Waals surface area contributed by atoms with Crippen LogP contribution in [0.25, 0.3) is 0 Å². The summed E-state index contributed by atoms with van der Waals surface area (Å²) < 4.78 is 27.4. The van der Waals surface area contributed by atoms with Crippen molar-refractivity contribution in [1.29, 1.82) is 0 Å².